The fourth-order valence-corrected chi connectivity index (χ4v) is 2.09. The number of hydrogen-bond acceptors (Lipinski definition) is 2. The summed E-state index contributed by atoms with van der Waals surface area (Å²) in [5, 5.41) is 6.09. The molecule has 1 amide bonds. The fraction of sp³-hybridized carbons (Fsp3) is 0.462. The average Bonchev–Trinajstić information content (AvgIpc) is 2.30. The molecule has 1 aromatic rings. The Bertz CT molecular complexity index is 421. The van der Waals surface area contributed by atoms with Gasteiger partial charge < -0.3 is 10.6 Å². The first-order chi connectivity index (χ1) is 8.40. The van der Waals surface area contributed by atoms with Crippen molar-refractivity contribution in [3.8, 4) is 0 Å². The maximum atomic E-state index is 11.8. The van der Waals surface area contributed by atoms with Gasteiger partial charge in [0.1, 0.15) is 6.04 Å². The monoisotopic (exact) mass is 376 g/mol. The highest BCUT2D eigenvalue weighted by molar-refractivity contribution is 9.11. The van der Waals surface area contributed by atoms with Gasteiger partial charge in [0.25, 0.3) is 0 Å². The topological polar surface area (TPSA) is 41.1 Å². The van der Waals surface area contributed by atoms with E-state index in [2.05, 4.69) is 56.3 Å². The van der Waals surface area contributed by atoms with E-state index < -0.39 is 0 Å². The van der Waals surface area contributed by atoms with Gasteiger partial charge >= 0.3 is 0 Å². The second-order valence-electron chi connectivity index (χ2n) is 4.63. The van der Waals surface area contributed by atoms with Crippen LogP contribution < -0.4 is 10.6 Å². The summed E-state index contributed by atoms with van der Waals surface area (Å²) in [5.41, 5.74) is 0.900. The molecule has 1 atom stereocenters. The Morgan fingerprint density at radius 2 is 1.94 bits per heavy atom. The third kappa shape index (κ3) is 4.98. The van der Waals surface area contributed by atoms with Gasteiger partial charge in [-0.15, -0.1) is 0 Å². The largest absolute Gasteiger partial charge is 0.373 e. The van der Waals surface area contributed by atoms with Gasteiger partial charge in [-0.25, -0.2) is 0 Å². The molecule has 0 aliphatic rings. The minimum absolute atomic E-state index is 0.00979. The van der Waals surface area contributed by atoms with Crippen LogP contribution in [-0.2, 0) is 4.79 Å². The van der Waals surface area contributed by atoms with E-state index in [9.17, 15) is 4.79 Å². The molecule has 0 fully saturated rings. The van der Waals surface area contributed by atoms with Crippen molar-refractivity contribution in [2.45, 2.75) is 26.8 Å². The van der Waals surface area contributed by atoms with Gasteiger partial charge in [-0.2, -0.15) is 0 Å². The zero-order valence-electron chi connectivity index (χ0n) is 10.8. The maximum Gasteiger partial charge on any atom is 0.242 e. The van der Waals surface area contributed by atoms with Crippen LogP contribution in [0.2, 0.25) is 0 Å². The molecule has 0 aromatic heterocycles. The quantitative estimate of drug-likeness (QED) is 0.819. The van der Waals surface area contributed by atoms with Gasteiger partial charge in [0.15, 0.2) is 0 Å². The van der Waals surface area contributed by atoms with Crippen molar-refractivity contribution in [2.75, 3.05) is 11.9 Å². The Kier molecular flexibility index (Phi) is 6.15. The zero-order chi connectivity index (χ0) is 13.7. The molecule has 1 aromatic carbocycles. The highest BCUT2D eigenvalue weighted by atomic mass is 79.9. The number of carbonyl (C=O) groups excluding carboxylic acids is 1. The number of halogens is 2. The van der Waals surface area contributed by atoms with Crippen molar-refractivity contribution in [1.82, 2.24) is 5.32 Å². The van der Waals surface area contributed by atoms with E-state index in [0.29, 0.717) is 12.5 Å². The third-order valence-corrected chi connectivity index (χ3v) is 3.56. The van der Waals surface area contributed by atoms with Crippen LogP contribution in [-0.4, -0.2) is 18.5 Å². The molecule has 0 saturated carbocycles. The van der Waals surface area contributed by atoms with Crippen LogP contribution in [0.3, 0.4) is 0 Å². The molecule has 0 spiro atoms. The predicted molar refractivity (Wildman–Crippen MR) is 82.8 cm³/mol. The van der Waals surface area contributed by atoms with E-state index in [4.69, 9.17) is 0 Å². The summed E-state index contributed by atoms with van der Waals surface area (Å²) in [4.78, 5) is 11.8. The predicted octanol–water partition coefficient (Wildman–Crippen LogP) is 3.78. The highest BCUT2D eigenvalue weighted by Crippen LogP contribution is 2.26. The van der Waals surface area contributed by atoms with Crippen LogP contribution in [0.4, 0.5) is 5.69 Å². The number of rotatable bonds is 5. The summed E-state index contributed by atoms with van der Waals surface area (Å²) < 4.78 is 1.91. The van der Waals surface area contributed by atoms with E-state index in [0.717, 1.165) is 14.6 Å². The number of amides is 1. The van der Waals surface area contributed by atoms with Gasteiger partial charge in [-0.1, -0.05) is 29.8 Å². The van der Waals surface area contributed by atoms with Crippen LogP contribution >= 0.6 is 31.9 Å². The minimum Gasteiger partial charge on any atom is -0.373 e. The van der Waals surface area contributed by atoms with E-state index in [1.54, 1.807) is 0 Å². The summed E-state index contributed by atoms with van der Waals surface area (Å²) in [6.45, 7) is 6.69. The summed E-state index contributed by atoms with van der Waals surface area (Å²) in [5.74, 6) is 0.467. The van der Waals surface area contributed by atoms with Crippen molar-refractivity contribution in [1.29, 1.82) is 0 Å². The number of carbonyl (C=O) groups is 1. The van der Waals surface area contributed by atoms with Crippen LogP contribution in [0.25, 0.3) is 0 Å². The molecule has 1 rings (SSSR count). The van der Waals surface area contributed by atoms with Crippen LogP contribution in [0.1, 0.15) is 20.8 Å². The summed E-state index contributed by atoms with van der Waals surface area (Å²) >= 11 is 6.87. The van der Waals surface area contributed by atoms with Gasteiger partial charge in [-0.3, -0.25) is 4.79 Å². The van der Waals surface area contributed by atoms with Gasteiger partial charge in [0.2, 0.25) is 5.91 Å². The highest BCUT2D eigenvalue weighted by Gasteiger charge is 2.13. The average molecular weight is 378 g/mol. The first-order valence-corrected chi connectivity index (χ1v) is 7.48. The van der Waals surface area contributed by atoms with Crippen molar-refractivity contribution >= 4 is 43.5 Å². The van der Waals surface area contributed by atoms with Crippen molar-refractivity contribution < 1.29 is 4.79 Å². The fourth-order valence-electron chi connectivity index (χ4n) is 1.36. The molecule has 3 nitrogen and oxygen atoms in total. The molecule has 2 N–H and O–H groups in total. The lowest BCUT2D eigenvalue weighted by atomic mass is 10.2. The summed E-state index contributed by atoms with van der Waals surface area (Å²) in [6, 6.07) is 5.55. The number of hydrogen-bond donors (Lipinski definition) is 2. The molecule has 0 aliphatic heterocycles. The zero-order valence-corrected chi connectivity index (χ0v) is 13.9. The molecular formula is C13H18Br2N2O. The second-order valence-corrected chi connectivity index (χ2v) is 6.40. The van der Waals surface area contributed by atoms with E-state index in [1.807, 2.05) is 25.1 Å². The maximum absolute atomic E-state index is 11.8. The lowest BCUT2D eigenvalue weighted by Crippen LogP contribution is -2.39. The molecule has 0 saturated heterocycles. The van der Waals surface area contributed by atoms with Crippen molar-refractivity contribution in [2.24, 2.45) is 5.92 Å². The lowest BCUT2D eigenvalue weighted by Gasteiger charge is -2.17. The molecule has 0 radical (unpaired) electrons. The molecule has 0 aliphatic carbocycles. The molecular weight excluding hydrogens is 360 g/mol. The van der Waals surface area contributed by atoms with E-state index in [-0.39, 0.29) is 11.9 Å². The number of benzene rings is 1. The normalized spacial score (nSPS) is 12.3. The number of nitrogens with one attached hydrogen (secondary N) is 2. The summed E-state index contributed by atoms with van der Waals surface area (Å²) in [6.07, 6.45) is 0. The Labute approximate surface area is 125 Å². The van der Waals surface area contributed by atoms with E-state index in [1.165, 1.54) is 0 Å². The van der Waals surface area contributed by atoms with E-state index >= 15 is 0 Å². The Hall–Kier alpha value is -0.550. The Morgan fingerprint density at radius 1 is 1.28 bits per heavy atom. The second kappa shape index (κ2) is 7.14. The summed E-state index contributed by atoms with van der Waals surface area (Å²) in [7, 11) is 0. The first-order valence-electron chi connectivity index (χ1n) is 5.89. The number of anilines is 1. The Morgan fingerprint density at radius 3 is 2.56 bits per heavy atom. The smallest absolute Gasteiger partial charge is 0.242 e. The van der Waals surface area contributed by atoms with Crippen molar-refractivity contribution in [3.63, 3.8) is 0 Å². The molecule has 1 unspecified atom stereocenters. The Balaban J connectivity index is 2.60. The first kappa shape index (κ1) is 15.5. The van der Waals surface area contributed by atoms with Crippen molar-refractivity contribution in [3.05, 3.63) is 27.1 Å². The third-order valence-electron chi connectivity index (χ3n) is 2.38. The molecule has 100 valence electrons. The minimum atomic E-state index is -0.269. The van der Waals surface area contributed by atoms with Crippen LogP contribution in [0, 0.1) is 5.92 Å². The van der Waals surface area contributed by atoms with Crippen LogP contribution in [0.5, 0.6) is 0 Å². The SMILES string of the molecule is CC(C)CNC(=O)C(C)Nc1cc(Br)ccc1Br. The van der Waals surface area contributed by atoms with Gasteiger partial charge in [0, 0.05) is 15.5 Å². The van der Waals surface area contributed by atoms with Gasteiger partial charge in [-0.05, 0) is 47.0 Å². The molecule has 0 heterocycles. The molecule has 5 heteroatoms. The lowest BCUT2D eigenvalue weighted by molar-refractivity contribution is -0.121. The molecule has 0 bridgehead atoms. The van der Waals surface area contributed by atoms with Crippen LogP contribution in [0.15, 0.2) is 27.1 Å². The standard InChI is InChI=1S/C13H18Br2N2O/c1-8(2)7-16-13(18)9(3)17-12-6-10(14)4-5-11(12)15/h4-6,8-9,17H,7H2,1-3H3,(H,16,18). The van der Waals surface area contributed by atoms with Gasteiger partial charge in [0.05, 0.1) is 5.69 Å². The molecule has 18 heavy (non-hydrogen) atoms.